The van der Waals surface area contributed by atoms with Gasteiger partial charge in [-0.1, -0.05) is 0 Å². The van der Waals surface area contributed by atoms with Crippen molar-refractivity contribution >= 4 is 0 Å². The Morgan fingerprint density at radius 3 is 2.76 bits per heavy atom. The fraction of sp³-hybridized carbons (Fsp3) is 0.643. The maximum absolute atomic E-state index is 3.57. The molecule has 3 heteroatoms. The van der Waals surface area contributed by atoms with E-state index in [-0.39, 0.29) is 32.7 Å². The maximum atomic E-state index is 3.57. The molecule has 1 aliphatic heterocycles. The van der Waals surface area contributed by atoms with E-state index in [1.165, 1.54) is 47.0 Å². The number of aromatic nitrogens is 1. The Balaban J connectivity index is 0.00000108. The summed E-state index contributed by atoms with van der Waals surface area (Å²) >= 11 is 1.60. The molecular weight excluding hydrogens is 455 g/mol. The first-order valence-electron chi connectivity index (χ1n) is 6.30. The van der Waals surface area contributed by atoms with Crippen LogP contribution in [0, 0.1) is 29.5 Å². The summed E-state index contributed by atoms with van der Waals surface area (Å²) in [6.45, 7) is 5.75. The van der Waals surface area contributed by atoms with Crippen molar-refractivity contribution in [2.45, 2.75) is 52.0 Å². The molecule has 1 unspecified atom stereocenters. The van der Waals surface area contributed by atoms with E-state index in [1.54, 1.807) is 25.0 Å². The molecule has 1 aromatic heterocycles. The second-order valence-corrected chi connectivity index (χ2v) is 6.79. The van der Waals surface area contributed by atoms with Crippen molar-refractivity contribution in [3.63, 3.8) is 0 Å². The van der Waals surface area contributed by atoms with Crippen LogP contribution in [0.1, 0.15) is 48.4 Å². The zero-order valence-corrected chi connectivity index (χ0v) is 16.4. The molecule has 1 aromatic rings. The summed E-state index contributed by atoms with van der Waals surface area (Å²) in [5, 5.41) is 0. The van der Waals surface area contributed by atoms with Crippen molar-refractivity contribution in [2.75, 3.05) is 0 Å². The van der Waals surface area contributed by atoms with Gasteiger partial charge in [0.1, 0.15) is 0 Å². The van der Waals surface area contributed by atoms with E-state index in [9.17, 15) is 0 Å². The number of rotatable bonds is 0. The third-order valence-corrected chi connectivity index (χ3v) is 6.12. The summed E-state index contributed by atoms with van der Waals surface area (Å²) in [6.07, 6.45) is 5.73. The first-order valence-corrected chi connectivity index (χ1v) is 7.76. The third kappa shape index (κ3) is 2.49. The SMILES string of the molecule is Cc1[c-]c(C)[c](=[W])n2c1C1CCC[C@@H](C1)C2.[Y]. The third-order valence-electron chi connectivity index (χ3n) is 4.23. The Hall–Kier alpha value is 0.942. The van der Waals surface area contributed by atoms with E-state index in [4.69, 9.17) is 0 Å². The first kappa shape index (κ1) is 14.4. The minimum Gasteiger partial charge on any atom is 0 e. The molecule has 2 heterocycles. The van der Waals surface area contributed by atoms with E-state index < -0.39 is 0 Å². The van der Waals surface area contributed by atoms with Crippen LogP contribution in [0.2, 0.25) is 0 Å². The second-order valence-electron chi connectivity index (χ2n) is 5.41. The number of pyridine rings is 1. The number of nitrogens with zero attached hydrogens (tertiary/aromatic N) is 1. The second kappa shape index (κ2) is 5.51. The number of hydrogen-bond acceptors (Lipinski definition) is 0. The van der Waals surface area contributed by atoms with Gasteiger partial charge in [0.2, 0.25) is 0 Å². The molecule has 1 aliphatic carbocycles. The topological polar surface area (TPSA) is 4.93 Å². The van der Waals surface area contributed by atoms with Gasteiger partial charge in [-0.2, -0.15) is 0 Å². The average molecular weight is 473 g/mol. The normalized spacial score (nSPS) is 26.0. The van der Waals surface area contributed by atoms with E-state index in [0.29, 0.717) is 0 Å². The summed E-state index contributed by atoms with van der Waals surface area (Å²) in [7, 11) is 0. The van der Waals surface area contributed by atoms with Gasteiger partial charge < -0.3 is 0 Å². The molecule has 1 nitrogen and oxygen atoms in total. The molecule has 89 valence electrons. The van der Waals surface area contributed by atoms with Gasteiger partial charge in [-0.05, 0) is 0 Å². The molecule has 1 saturated carbocycles. The first-order chi connectivity index (χ1) is 7.66. The minimum atomic E-state index is 0. The van der Waals surface area contributed by atoms with Crippen molar-refractivity contribution in [1.82, 2.24) is 4.57 Å². The van der Waals surface area contributed by atoms with E-state index in [2.05, 4.69) is 24.5 Å². The van der Waals surface area contributed by atoms with Crippen LogP contribution in [0.15, 0.2) is 0 Å². The van der Waals surface area contributed by atoms with Crippen molar-refractivity contribution in [2.24, 2.45) is 5.92 Å². The van der Waals surface area contributed by atoms with Crippen LogP contribution in [0.3, 0.4) is 0 Å². The van der Waals surface area contributed by atoms with Crippen molar-refractivity contribution in [3.05, 3.63) is 26.6 Å². The van der Waals surface area contributed by atoms with Gasteiger partial charge in [0.15, 0.2) is 0 Å². The molecule has 17 heavy (non-hydrogen) atoms. The Kier molecular flexibility index (Phi) is 4.66. The Bertz CT molecular complexity index is 492. The molecule has 1 radical (unpaired) electrons. The summed E-state index contributed by atoms with van der Waals surface area (Å²) in [5.41, 5.74) is 4.40. The zero-order valence-electron chi connectivity index (χ0n) is 10.6. The van der Waals surface area contributed by atoms with E-state index in [0.717, 1.165) is 11.8 Å². The monoisotopic (exact) mass is 473 g/mol. The van der Waals surface area contributed by atoms with Crippen LogP contribution in [-0.4, -0.2) is 4.57 Å². The molecule has 2 bridgehead atoms. The van der Waals surface area contributed by atoms with Crippen LogP contribution in [-0.2, 0) is 58.6 Å². The summed E-state index contributed by atoms with van der Waals surface area (Å²) in [6, 6.07) is 3.57. The van der Waals surface area contributed by atoms with Gasteiger partial charge in [-0.15, -0.1) is 0 Å². The predicted octanol–water partition coefficient (Wildman–Crippen LogP) is 3.27. The fourth-order valence-electron chi connectivity index (χ4n) is 3.58. The minimum absolute atomic E-state index is 0. The van der Waals surface area contributed by atoms with Gasteiger partial charge in [0, 0.05) is 32.7 Å². The van der Waals surface area contributed by atoms with Crippen LogP contribution in [0.4, 0.5) is 0 Å². The molecule has 0 aromatic carbocycles. The molecule has 0 saturated heterocycles. The Morgan fingerprint density at radius 2 is 2.00 bits per heavy atom. The molecule has 0 N–H and O–H groups in total. The molecule has 2 atom stereocenters. The van der Waals surface area contributed by atoms with E-state index >= 15 is 0 Å². The van der Waals surface area contributed by atoms with Crippen LogP contribution in [0.25, 0.3) is 0 Å². The molecular formula is C14H18NWY-. The number of aryl methyl sites for hydroxylation is 2. The van der Waals surface area contributed by atoms with Crippen LogP contribution < -0.4 is 0 Å². The van der Waals surface area contributed by atoms with Crippen molar-refractivity contribution in [1.29, 1.82) is 0 Å². The number of hydrogen-bond donors (Lipinski definition) is 0. The smallest absolute Gasteiger partial charge is 0 e. The van der Waals surface area contributed by atoms with Gasteiger partial charge in [0.25, 0.3) is 0 Å². The standard InChI is InChI=1S/C14H18N.W.Y/c1-10-6-11(2)14-13-5-3-4-12(7-13)9-15(14)8-10;;/h12-13H,3-5,7,9H2,1-2H3;;/q-1;;/t12-,13?;;/m0../s1. The van der Waals surface area contributed by atoms with Gasteiger partial charge in [0.05, 0.1) is 0 Å². The van der Waals surface area contributed by atoms with Crippen LogP contribution in [0.5, 0.6) is 0 Å². The van der Waals surface area contributed by atoms with Gasteiger partial charge >= 0.3 is 108 Å². The molecule has 3 rings (SSSR count). The summed E-state index contributed by atoms with van der Waals surface area (Å²) in [4.78, 5) is 0. The molecule has 0 spiro atoms. The Morgan fingerprint density at radius 1 is 1.24 bits per heavy atom. The summed E-state index contributed by atoms with van der Waals surface area (Å²) < 4.78 is 4.16. The molecule has 1 fully saturated rings. The van der Waals surface area contributed by atoms with Gasteiger partial charge in [-0.25, -0.2) is 0 Å². The summed E-state index contributed by atoms with van der Waals surface area (Å²) in [5.74, 6) is 1.79. The average Bonchev–Trinajstić information content (AvgIpc) is 2.25. The fourth-order valence-corrected chi connectivity index (χ4v) is 4.39. The zero-order chi connectivity index (χ0) is 11.3. The van der Waals surface area contributed by atoms with Crippen molar-refractivity contribution < 1.29 is 52.1 Å². The molecule has 2 aliphatic rings. The number of fused-ring (bicyclic) bond motifs is 4. The van der Waals surface area contributed by atoms with Gasteiger partial charge in [-0.3, -0.25) is 0 Å². The Labute approximate surface area is 140 Å². The predicted molar refractivity (Wildman–Crippen MR) is 60.7 cm³/mol. The maximum Gasteiger partial charge on any atom is 0 e. The largest absolute Gasteiger partial charge is 0 e. The quantitative estimate of drug-likeness (QED) is 0.511. The van der Waals surface area contributed by atoms with Crippen LogP contribution >= 0.6 is 0 Å². The van der Waals surface area contributed by atoms with Crippen molar-refractivity contribution in [3.8, 4) is 0 Å². The molecule has 0 amide bonds. The van der Waals surface area contributed by atoms with E-state index in [1.807, 2.05) is 0 Å².